The molecule has 1 aliphatic rings. The van der Waals surface area contributed by atoms with Crippen LogP contribution in [0.5, 0.6) is 0 Å². The van der Waals surface area contributed by atoms with Gasteiger partial charge in [0.2, 0.25) is 0 Å². The molecule has 0 amide bonds. The Morgan fingerprint density at radius 1 is 0.714 bits per heavy atom. The molecule has 0 fully saturated rings. The molecule has 0 bridgehead atoms. The Hall–Kier alpha value is -2.87. The third-order valence-electron chi connectivity index (χ3n) is 3.80. The van der Waals surface area contributed by atoms with Gasteiger partial charge < -0.3 is 0 Å². The van der Waals surface area contributed by atoms with E-state index in [4.69, 9.17) is 0 Å². The van der Waals surface area contributed by atoms with Gasteiger partial charge in [-0.15, -0.1) is 0 Å². The fraction of sp³-hybridized carbons (Fsp3) is 0. The van der Waals surface area contributed by atoms with Crippen molar-refractivity contribution in [3.63, 3.8) is 0 Å². The van der Waals surface area contributed by atoms with Gasteiger partial charge in [0.15, 0.2) is 0 Å². The van der Waals surface area contributed by atoms with Crippen molar-refractivity contribution in [1.29, 1.82) is 0 Å². The zero-order valence-electron chi connectivity index (χ0n) is 11.5. The summed E-state index contributed by atoms with van der Waals surface area (Å²) >= 11 is 0. The molecule has 0 saturated heterocycles. The van der Waals surface area contributed by atoms with Crippen molar-refractivity contribution in [1.82, 2.24) is 5.43 Å². The molecule has 0 aromatic heterocycles. The largest absolute Gasteiger partial charge is 0.278 e. The maximum Gasteiger partial charge on any atom is 0.0640 e. The van der Waals surface area contributed by atoms with Crippen LogP contribution >= 0.6 is 0 Å². The quantitative estimate of drug-likeness (QED) is 0.648. The summed E-state index contributed by atoms with van der Waals surface area (Å²) in [6.07, 6.45) is 7.72. The Bertz CT molecular complexity index is 917. The van der Waals surface area contributed by atoms with Crippen LogP contribution in [-0.2, 0) is 0 Å². The van der Waals surface area contributed by atoms with Gasteiger partial charge in [-0.05, 0) is 33.7 Å². The Morgan fingerprint density at radius 2 is 1.62 bits per heavy atom. The van der Waals surface area contributed by atoms with Crippen LogP contribution in [0.1, 0.15) is 5.56 Å². The first-order valence-electron chi connectivity index (χ1n) is 7.00. The van der Waals surface area contributed by atoms with Crippen LogP contribution in [0, 0.1) is 0 Å². The van der Waals surface area contributed by atoms with Gasteiger partial charge >= 0.3 is 0 Å². The molecule has 0 radical (unpaired) electrons. The first-order chi connectivity index (χ1) is 10.4. The number of rotatable bonds is 1. The second kappa shape index (κ2) is 4.91. The molecular formula is C19H14N2. The van der Waals surface area contributed by atoms with Gasteiger partial charge in [-0.2, -0.15) is 5.10 Å². The second-order valence-corrected chi connectivity index (χ2v) is 5.04. The summed E-state index contributed by atoms with van der Waals surface area (Å²) in [7, 11) is 0. The highest BCUT2D eigenvalue weighted by Gasteiger charge is 2.08. The lowest BCUT2D eigenvalue weighted by atomic mass is 9.97. The number of hydrogen-bond acceptors (Lipinski definition) is 2. The molecule has 0 unspecified atom stereocenters. The summed E-state index contributed by atoms with van der Waals surface area (Å²) < 4.78 is 0. The van der Waals surface area contributed by atoms with Crippen LogP contribution in [-0.4, -0.2) is 6.21 Å². The number of hydrazone groups is 1. The van der Waals surface area contributed by atoms with Gasteiger partial charge in [0.25, 0.3) is 0 Å². The summed E-state index contributed by atoms with van der Waals surface area (Å²) in [5.41, 5.74) is 5.29. The molecular weight excluding hydrogens is 256 g/mol. The van der Waals surface area contributed by atoms with E-state index in [-0.39, 0.29) is 0 Å². The predicted octanol–water partition coefficient (Wildman–Crippen LogP) is 4.48. The van der Waals surface area contributed by atoms with Gasteiger partial charge in [0.1, 0.15) is 0 Å². The smallest absolute Gasteiger partial charge is 0.0640 e. The average molecular weight is 270 g/mol. The van der Waals surface area contributed by atoms with Crippen LogP contribution in [0.15, 0.2) is 77.9 Å². The van der Waals surface area contributed by atoms with Crippen molar-refractivity contribution >= 4 is 33.5 Å². The number of nitrogens with zero attached hydrogens (tertiary/aromatic N) is 1. The molecule has 0 saturated carbocycles. The first-order valence-corrected chi connectivity index (χ1v) is 7.00. The van der Waals surface area contributed by atoms with Crippen molar-refractivity contribution < 1.29 is 0 Å². The van der Waals surface area contributed by atoms with E-state index in [0.29, 0.717) is 0 Å². The first kappa shape index (κ1) is 11.9. The molecule has 1 heterocycles. The molecule has 1 N–H and O–H groups in total. The highest BCUT2D eigenvalue weighted by Crippen LogP contribution is 2.30. The van der Waals surface area contributed by atoms with E-state index in [0.717, 1.165) is 5.70 Å². The number of hydrogen-bond donors (Lipinski definition) is 1. The third-order valence-corrected chi connectivity index (χ3v) is 3.80. The van der Waals surface area contributed by atoms with Gasteiger partial charge in [0.05, 0.1) is 5.70 Å². The van der Waals surface area contributed by atoms with Crippen LogP contribution in [0.25, 0.3) is 27.2 Å². The minimum Gasteiger partial charge on any atom is -0.278 e. The van der Waals surface area contributed by atoms with E-state index in [1.165, 1.54) is 27.1 Å². The van der Waals surface area contributed by atoms with Crippen molar-refractivity contribution in [3.05, 3.63) is 78.4 Å². The molecule has 3 aromatic carbocycles. The highest BCUT2D eigenvalue weighted by atomic mass is 15.3. The number of benzene rings is 3. The molecule has 0 atom stereocenters. The number of nitrogens with one attached hydrogen (secondary N) is 1. The van der Waals surface area contributed by atoms with E-state index in [1.54, 1.807) is 6.21 Å². The predicted molar refractivity (Wildman–Crippen MR) is 90.2 cm³/mol. The minimum absolute atomic E-state index is 1.01. The molecule has 0 aliphatic carbocycles. The van der Waals surface area contributed by atoms with Crippen molar-refractivity contribution in [2.75, 3.05) is 0 Å². The lowest BCUT2D eigenvalue weighted by Gasteiger charge is -2.11. The highest BCUT2D eigenvalue weighted by molar-refractivity contribution is 6.10. The Balaban J connectivity index is 2.03. The lowest BCUT2D eigenvalue weighted by molar-refractivity contribution is 1.01. The molecule has 1 aliphatic heterocycles. The fourth-order valence-corrected chi connectivity index (χ4v) is 2.81. The van der Waals surface area contributed by atoms with E-state index in [1.807, 2.05) is 12.2 Å². The van der Waals surface area contributed by atoms with Crippen LogP contribution in [0.4, 0.5) is 0 Å². The zero-order valence-corrected chi connectivity index (χ0v) is 11.5. The molecule has 100 valence electrons. The Labute approximate surface area is 123 Å². The molecule has 3 aromatic rings. The molecule has 4 rings (SSSR count). The molecule has 2 heteroatoms. The average Bonchev–Trinajstić information content (AvgIpc) is 2.83. The summed E-state index contributed by atoms with van der Waals surface area (Å²) in [4.78, 5) is 0. The van der Waals surface area contributed by atoms with Gasteiger partial charge in [0, 0.05) is 11.8 Å². The van der Waals surface area contributed by atoms with Crippen molar-refractivity contribution in [2.45, 2.75) is 0 Å². The minimum atomic E-state index is 1.01. The maximum atomic E-state index is 4.17. The Morgan fingerprint density at radius 3 is 2.62 bits per heavy atom. The fourth-order valence-electron chi connectivity index (χ4n) is 2.81. The van der Waals surface area contributed by atoms with E-state index < -0.39 is 0 Å². The van der Waals surface area contributed by atoms with Gasteiger partial charge in [-0.3, -0.25) is 5.43 Å². The van der Waals surface area contributed by atoms with Crippen molar-refractivity contribution in [3.8, 4) is 0 Å². The van der Waals surface area contributed by atoms with Crippen LogP contribution < -0.4 is 5.43 Å². The van der Waals surface area contributed by atoms with E-state index in [2.05, 4.69) is 71.2 Å². The van der Waals surface area contributed by atoms with Crippen LogP contribution in [0.3, 0.4) is 0 Å². The monoisotopic (exact) mass is 270 g/mol. The van der Waals surface area contributed by atoms with E-state index in [9.17, 15) is 0 Å². The molecule has 0 spiro atoms. The van der Waals surface area contributed by atoms with Crippen molar-refractivity contribution in [2.24, 2.45) is 5.10 Å². The normalized spacial score (nSPS) is 14.0. The zero-order chi connectivity index (χ0) is 14.1. The summed E-state index contributed by atoms with van der Waals surface area (Å²) in [6.45, 7) is 0. The third kappa shape index (κ3) is 2.01. The summed E-state index contributed by atoms with van der Waals surface area (Å²) in [5, 5.41) is 9.22. The topological polar surface area (TPSA) is 24.4 Å². The standard InChI is InChI=1S/C19H14N2/c1-2-7-15-14(6-1)11-12-17-16(15)8-5-9-18(17)19-10-3-4-13-20-21-19/h1-13,21H. The molecule has 2 nitrogen and oxygen atoms in total. The second-order valence-electron chi connectivity index (χ2n) is 5.04. The maximum absolute atomic E-state index is 4.17. The van der Waals surface area contributed by atoms with Gasteiger partial charge in [-0.25, -0.2) is 0 Å². The van der Waals surface area contributed by atoms with Crippen LogP contribution in [0.2, 0.25) is 0 Å². The SMILES string of the molecule is C1=CC=C(c2cccc3c2ccc2ccccc23)NN=C1. The number of allylic oxidation sites excluding steroid dienone is 3. The molecule has 21 heavy (non-hydrogen) atoms. The lowest BCUT2D eigenvalue weighted by Crippen LogP contribution is -2.03. The number of fused-ring (bicyclic) bond motifs is 3. The van der Waals surface area contributed by atoms with E-state index >= 15 is 0 Å². The van der Waals surface area contributed by atoms with Gasteiger partial charge in [-0.1, -0.05) is 60.7 Å². The Kier molecular flexibility index (Phi) is 2.79. The summed E-state index contributed by atoms with van der Waals surface area (Å²) in [5.74, 6) is 0. The summed E-state index contributed by atoms with van der Waals surface area (Å²) in [6, 6.07) is 19.3.